The zero-order chi connectivity index (χ0) is 8.01. The third-order valence-corrected chi connectivity index (χ3v) is 2.88. The highest BCUT2D eigenvalue weighted by atomic mass is 15.3. The second-order valence-corrected chi connectivity index (χ2v) is 3.75. The zero-order valence-electron chi connectivity index (χ0n) is 7.30. The van der Waals surface area contributed by atoms with Crippen LogP contribution in [0, 0.1) is 5.92 Å². The van der Waals surface area contributed by atoms with Crippen LogP contribution >= 0.6 is 0 Å². The molecule has 1 aliphatic heterocycles. The molecule has 62 valence electrons. The van der Waals surface area contributed by atoms with Gasteiger partial charge in [0.25, 0.3) is 0 Å². The fourth-order valence-electron chi connectivity index (χ4n) is 2.26. The van der Waals surface area contributed by atoms with E-state index < -0.39 is 0 Å². The molecule has 2 unspecified atom stereocenters. The Balaban J connectivity index is 2.08. The van der Waals surface area contributed by atoms with Crippen molar-refractivity contribution in [2.24, 2.45) is 5.92 Å². The molecule has 0 aromatic carbocycles. The number of likely N-dealkylation sites (tertiary alicyclic amines) is 1. The van der Waals surface area contributed by atoms with Crippen LogP contribution in [-0.4, -0.2) is 24.2 Å². The number of rotatable bonds is 2. The van der Waals surface area contributed by atoms with Crippen LogP contribution in [0.25, 0.3) is 0 Å². The Labute approximate surface area is 68.3 Å². The summed E-state index contributed by atoms with van der Waals surface area (Å²) in [6.07, 6.45) is 3.27. The summed E-state index contributed by atoms with van der Waals surface area (Å²) in [6, 6.07) is 0.824. The zero-order valence-corrected chi connectivity index (χ0v) is 7.30. The Morgan fingerprint density at radius 2 is 2.27 bits per heavy atom. The molecule has 0 aromatic heterocycles. The number of allylic oxidation sites excluding steroid dienone is 1. The summed E-state index contributed by atoms with van der Waals surface area (Å²) in [5.74, 6) is 0.962. The van der Waals surface area contributed by atoms with Crippen molar-refractivity contribution < 1.29 is 0 Å². The summed E-state index contributed by atoms with van der Waals surface area (Å²) in [4.78, 5) is 2.44. The van der Waals surface area contributed by atoms with E-state index in [1.165, 1.54) is 18.5 Å². The van der Waals surface area contributed by atoms with Crippen molar-refractivity contribution in [1.29, 1.82) is 0 Å². The molecule has 0 amide bonds. The van der Waals surface area contributed by atoms with Crippen molar-refractivity contribution in [2.45, 2.75) is 32.0 Å². The van der Waals surface area contributed by atoms with Crippen LogP contribution in [0.1, 0.15) is 19.8 Å². The van der Waals surface area contributed by atoms with E-state index in [4.69, 9.17) is 0 Å². The van der Waals surface area contributed by atoms with Crippen molar-refractivity contribution in [2.75, 3.05) is 7.05 Å². The number of piperidine rings is 1. The number of hydrogen-bond acceptors (Lipinski definition) is 2. The second-order valence-electron chi connectivity index (χ2n) is 3.75. The Bertz CT molecular complexity index is 188. The van der Waals surface area contributed by atoms with Crippen molar-refractivity contribution >= 4 is 0 Å². The molecule has 2 rings (SSSR count). The Hall–Kier alpha value is -0.500. The van der Waals surface area contributed by atoms with Gasteiger partial charge < -0.3 is 10.2 Å². The third-order valence-electron chi connectivity index (χ3n) is 2.88. The van der Waals surface area contributed by atoms with Gasteiger partial charge in [0.1, 0.15) is 0 Å². The lowest BCUT2D eigenvalue weighted by molar-refractivity contribution is 0.250. The first-order valence-electron chi connectivity index (χ1n) is 4.35. The number of hydrogen-bond donors (Lipinski definition) is 1. The SMILES string of the molecule is C=C(C)N1C2CC2C[C@H]1NC. The smallest absolute Gasteiger partial charge is 0.0796 e. The second kappa shape index (κ2) is 2.24. The largest absolute Gasteiger partial charge is 0.357 e. The van der Waals surface area contributed by atoms with Crippen molar-refractivity contribution in [3.8, 4) is 0 Å². The van der Waals surface area contributed by atoms with Crippen molar-refractivity contribution in [3.05, 3.63) is 12.3 Å². The van der Waals surface area contributed by atoms with Crippen LogP contribution in [0.2, 0.25) is 0 Å². The Kier molecular flexibility index (Phi) is 1.46. The maximum Gasteiger partial charge on any atom is 0.0796 e. The lowest BCUT2D eigenvalue weighted by atomic mass is 10.2. The summed E-state index contributed by atoms with van der Waals surface area (Å²) in [5.41, 5.74) is 1.22. The fraction of sp³-hybridized carbons (Fsp3) is 0.778. The topological polar surface area (TPSA) is 15.3 Å². The van der Waals surface area contributed by atoms with Gasteiger partial charge in [0, 0.05) is 11.7 Å². The molecule has 0 bridgehead atoms. The molecule has 3 atom stereocenters. The predicted molar refractivity (Wildman–Crippen MR) is 46.0 cm³/mol. The van der Waals surface area contributed by atoms with Crippen LogP contribution in [0.15, 0.2) is 12.3 Å². The van der Waals surface area contributed by atoms with Crippen LogP contribution in [-0.2, 0) is 0 Å². The van der Waals surface area contributed by atoms with Gasteiger partial charge >= 0.3 is 0 Å². The third kappa shape index (κ3) is 0.968. The minimum absolute atomic E-state index is 0.566. The molecular formula is C9H16N2. The van der Waals surface area contributed by atoms with E-state index in [0.29, 0.717) is 6.17 Å². The highest BCUT2D eigenvalue weighted by Gasteiger charge is 2.51. The van der Waals surface area contributed by atoms with Gasteiger partial charge in [-0.25, -0.2) is 0 Å². The number of fused-ring (bicyclic) bond motifs is 1. The average Bonchev–Trinajstić information content (AvgIpc) is 2.61. The van der Waals surface area contributed by atoms with E-state index >= 15 is 0 Å². The molecule has 2 nitrogen and oxygen atoms in total. The molecule has 1 heterocycles. The van der Waals surface area contributed by atoms with Gasteiger partial charge in [-0.3, -0.25) is 0 Å². The van der Waals surface area contributed by atoms with Crippen LogP contribution in [0.4, 0.5) is 0 Å². The minimum atomic E-state index is 0.566. The van der Waals surface area contributed by atoms with Crippen LogP contribution in [0.5, 0.6) is 0 Å². The summed E-state index contributed by atoms with van der Waals surface area (Å²) < 4.78 is 0. The van der Waals surface area contributed by atoms with E-state index in [1.54, 1.807) is 0 Å². The lowest BCUT2D eigenvalue weighted by Gasteiger charge is -2.29. The molecule has 0 radical (unpaired) electrons. The summed E-state index contributed by atoms with van der Waals surface area (Å²) >= 11 is 0. The quantitative estimate of drug-likeness (QED) is 0.638. The Morgan fingerprint density at radius 1 is 1.55 bits per heavy atom. The van der Waals surface area contributed by atoms with Crippen molar-refractivity contribution in [3.63, 3.8) is 0 Å². The first kappa shape index (κ1) is 7.17. The maximum absolute atomic E-state index is 4.00. The standard InChI is InChI=1S/C9H16N2/c1-6(2)11-8-4-7(8)5-9(11)10-3/h7-10H,1,4-5H2,2-3H3/t7?,8?,9-/m0/s1. The van der Waals surface area contributed by atoms with Gasteiger partial charge in [-0.05, 0) is 32.7 Å². The van der Waals surface area contributed by atoms with Crippen LogP contribution in [0.3, 0.4) is 0 Å². The van der Waals surface area contributed by atoms with Gasteiger partial charge in [-0.2, -0.15) is 0 Å². The molecule has 0 spiro atoms. The van der Waals surface area contributed by atoms with E-state index in [-0.39, 0.29) is 0 Å². The molecule has 0 aromatic rings. The van der Waals surface area contributed by atoms with E-state index in [9.17, 15) is 0 Å². The van der Waals surface area contributed by atoms with Gasteiger partial charge in [-0.15, -0.1) is 0 Å². The molecule has 2 heteroatoms. The highest BCUT2D eigenvalue weighted by Crippen LogP contribution is 2.48. The van der Waals surface area contributed by atoms with Crippen molar-refractivity contribution in [1.82, 2.24) is 10.2 Å². The molecule has 1 saturated carbocycles. The van der Waals surface area contributed by atoms with Gasteiger partial charge in [0.05, 0.1) is 6.17 Å². The first-order valence-corrected chi connectivity index (χ1v) is 4.35. The van der Waals surface area contributed by atoms with E-state index in [2.05, 4.69) is 23.7 Å². The average molecular weight is 152 g/mol. The minimum Gasteiger partial charge on any atom is -0.357 e. The van der Waals surface area contributed by atoms with Gasteiger partial charge in [0.15, 0.2) is 0 Å². The number of nitrogens with zero attached hydrogens (tertiary/aromatic N) is 1. The maximum atomic E-state index is 4.00. The van der Waals surface area contributed by atoms with E-state index in [1.807, 2.05) is 7.05 Å². The molecular weight excluding hydrogens is 136 g/mol. The first-order chi connectivity index (χ1) is 5.24. The molecule has 1 saturated heterocycles. The van der Waals surface area contributed by atoms with Gasteiger partial charge in [0.2, 0.25) is 0 Å². The normalized spacial score (nSPS) is 40.5. The van der Waals surface area contributed by atoms with Crippen LogP contribution < -0.4 is 5.32 Å². The summed E-state index contributed by atoms with van der Waals surface area (Å²) in [5, 5.41) is 3.32. The molecule has 11 heavy (non-hydrogen) atoms. The Morgan fingerprint density at radius 3 is 2.73 bits per heavy atom. The predicted octanol–water partition coefficient (Wildman–Crippen LogP) is 1.16. The lowest BCUT2D eigenvalue weighted by Crippen LogP contribution is -2.40. The summed E-state index contributed by atoms with van der Waals surface area (Å²) in [6.45, 7) is 6.10. The molecule has 2 fully saturated rings. The molecule has 1 N–H and O–H groups in total. The highest BCUT2D eigenvalue weighted by molar-refractivity contribution is 5.11. The van der Waals surface area contributed by atoms with E-state index in [0.717, 1.165) is 12.0 Å². The summed E-state index contributed by atoms with van der Waals surface area (Å²) in [7, 11) is 2.03. The fourth-order valence-corrected chi connectivity index (χ4v) is 2.26. The molecule has 2 aliphatic rings. The molecule has 1 aliphatic carbocycles. The monoisotopic (exact) mass is 152 g/mol. The van der Waals surface area contributed by atoms with Gasteiger partial charge in [-0.1, -0.05) is 6.58 Å². The number of nitrogens with one attached hydrogen (secondary N) is 1.